The molecule has 1 unspecified atom stereocenters. The monoisotopic (exact) mass is 239 g/mol. The van der Waals surface area contributed by atoms with E-state index >= 15 is 0 Å². The second-order valence-electron chi connectivity index (χ2n) is 3.58. The molecule has 88 valence electrons. The zero-order valence-electron chi connectivity index (χ0n) is 9.56. The third-order valence-corrected chi connectivity index (χ3v) is 3.04. The summed E-state index contributed by atoms with van der Waals surface area (Å²) in [5.41, 5.74) is 0.500. The van der Waals surface area contributed by atoms with Crippen LogP contribution < -0.4 is 5.32 Å². The lowest BCUT2D eigenvalue weighted by Gasteiger charge is -2.15. The summed E-state index contributed by atoms with van der Waals surface area (Å²) in [5, 5.41) is 12.2. The van der Waals surface area contributed by atoms with Crippen molar-refractivity contribution in [3.8, 4) is 5.75 Å². The third-order valence-electron chi connectivity index (χ3n) is 2.30. The number of thioether (sulfide) groups is 1. The van der Waals surface area contributed by atoms with Crippen LogP contribution in [0, 0.1) is 0 Å². The molecular formula is C12H17NO2S. The van der Waals surface area contributed by atoms with Crippen molar-refractivity contribution in [2.75, 3.05) is 12.0 Å². The Hall–Kier alpha value is -1.16. The molecule has 1 aromatic carbocycles. The second-order valence-corrected chi connectivity index (χ2v) is 4.49. The number of benzene rings is 1. The molecular weight excluding hydrogens is 222 g/mol. The fourth-order valence-electron chi connectivity index (χ4n) is 1.38. The quantitative estimate of drug-likeness (QED) is 0.828. The van der Waals surface area contributed by atoms with Crippen molar-refractivity contribution in [2.24, 2.45) is 0 Å². The predicted octanol–water partition coefficient (Wildman–Crippen LogP) is 2.26. The first-order valence-corrected chi connectivity index (χ1v) is 6.65. The molecule has 1 rings (SSSR count). The molecule has 2 N–H and O–H groups in total. The number of carbonyl (C=O) groups excluding carboxylic acids is 1. The Kier molecular flexibility index (Phi) is 5.19. The molecule has 0 aliphatic carbocycles. The van der Waals surface area contributed by atoms with Crippen LogP contribution in [0.4, 0.5) is 0 Å². The topological polar surface area (TPSA) is 49.3 Å². The maximum absolute atomic E-state index is 11.8. The van der Waals surface area contributed by atoms with Gasteiger partial charge in [0.05, 0.1) is 0 Å². The number of phenolic OH excluding ortho intramolecular Hbond substituents is 1. The maximum atomic E-state index is 11.8. The predicted molar refractivity (Wildman–Crippen MR) is 68.0 cm³/mol. The van der Waals surface area contributed by atoms with Crippen LogP contribution in [0.2, 0.25) is 0 Å². The van der Waals surface area contributed by atoms with Crippen LogP contribution in [0.5, 0.6) is 5.75 Å². The van der Waals surface area contributed by atoms with E-state index in [0.29, 0.717) is 5.56 Å². The number of hydrogen-bond acceptors (Lipinski definition) is 3. The molecule has 16 heavy (non-hydrogen) atoms. The van der Waals surface area contributed by atoms with Crippen LogP contribution >= 0.6 is 11.8 Å². The normalized spacial score (nSPS) is 12.1. The highest BCUT2D eigenvalue weighted by Gasteiger charge is 2.11. The fourth-order valence-corrected chi connectivity index (χ4v) is 2.10. The van der Waals surface area contributed by atoms with Gasteiger partial charge in [-0.2, -0.15) is 11.8 Å². The number of hydrogen-bond donors (Lipinski definition) is 2. The first kappa shape index (κ1) is 12.9. The summed E-state index contributed by atoms with van der Waals surface area (Å²) < 4.78 is 0. The Bertz CT molecular complexity index is 355. The largest absolute Gasteiger partial charge is 0.508 e. The minimum Gasteiger partial charge on any atom is -0.508 e. The summed E-state index contributed by atoms with van der Waals surface area (Å²) in [5.74, 6) is 0.892. The van der Waals surface area contributed by atoms with Gasteiger partial charge in [0.1, 0.15) is 5.75 Å². The zero-order valence-corrected chi connectivity index (χ0v) is 10.4. The van der Waals surface area contributed by atoms with Gasteiger partial charge in [0.15, 0.2) is 0 Å². The molecule has 1 atom stereocenters. The molecule has 0 bridgehead atoms. The van der Waals surface area contributed by atoms with Crippen LogP contribution in [0.1, 0.15) is 23.7 Å². The first-order chi connectivity index (χ1) is 7.67. The fraction of sp³-hybridized carbons (Fsp3) is 0.417. The Balaban J connectivity index is 2.64. The molecule has 0 fully saturated rings. The van der Waals surface area contributed by atoms with Crippen LogP contribution in [0.15, 0.2) is 24.3 Å². The van der Waals surface area contributed by atoms with Crippen LogP contribution in [0.3, 0.4) is 0 Å². The maximum Gasteiger partial charge on any atom is 0.251 e. The second kappa shape index (κ2) is 6.43. The highest BCUT2D eigenvalue weighted by Crippen LogP contribution is 2.11. The Morgan fingerprint density at radius 3 is 2.88 bits per heavy atom. The number of rotatable bonds is 5. The average molecular weight is 239 g/mol. The summed E-state index contributed by atoms with van der Waals surface area (Å²) >= 11 is 1.71. The van der Waals surface area contributed by atoms with E-state index in [-0.39, 0.29) is 17.7 Å². The van der Waals surface area contributed by atoms with Crippen molar-refractivity contribution < 1.29 is 9.90 Å². The summed E-state index contributed by atoms with van der Waals surface area (Å²) in [7, 11) is 0. The molecule has 0 heterocycles. The van der Waals surface area contributed by atoms with Crippen molar-refractivity contribution in [3.63, 3.8) is 0 Å². The van der Waals surface area contributed by atoms with Crippen molar-refractivity contribution in [2.45, 2.75) is 19.4 Å². The third kappa shape index (κ3) is 3.77. The highest BCUT2D eigenvalue weighted by molar-refractivity contribution is 7.98. The Morgan fingerprint density at radius 1 is 1.56 bits per heavy atom. The van der Waals surface area contributed by atoms with Gasteiger partial charge in [-0.05, 0) is 30.9 Å². The van der Waals surface area contributed by atoms with Crippen LogP contribution in [-0.4, -0.2) is 29.1 Å². The van der Waals surface area contributed by atoms with E-state index in [9.17, 15) is 9.90 Å². The first-order valence-electron chi connectivity index (χ1n) is 5.26. The molecule has 1 amide bonds. The lowest BCUT2D eigenvalue weighted by Crippen LogP contribution is -2.36. The standard InChI is InChI=1S/C12H17NO2S/c1-3-10(8-16-2)13-12(15)9-5-4-6-11(14)7-9/h4-7,10,14H,3,8H2,1-2H3,(H,13,15). The molecule has 0 saturated carbocycles. The van der Waals surface area contributed by atoms with Crippen LogP contribution in [-0.2, 0) is 0 Å². The minimum atomic E-state index is -0.128. The van der Waals surface area contributed by atoms with E-state index in [4.69, 9.17) is 0 Å². The van der Waals surface area contributed by atoms with E-state index in [1.165, 1.54) is 6.07 Å². The number of aromatic hydroxyl groups is 1. The van der Waals surface area contributed by atoms with E-state index in [2.05, 4.69) is 5.32 Å². The molecule has 1 aromatic rings. The minimum absolute atomic E-state index is 0.116. The molecule has 0 saturated heterocycles. The number of amides is 1. The van der Waals surface area contributed by atoms with E-state index in [1.54, 1.807) is 30.0 Å². The van der Waals surface area contributed by atoms with Gasteiger partial charge in [-0.1, -0.05) is 13.0 Å². The Morgan fingerprint density at radius 2 is 2.31 bits per heavy atom. The van der Waals surface area contributed by atoms with E-state index < -0.39 is 0 Å². The summed E-state index contributed by atoms with van der Waals surface area (Å²) in [6.07, 6.45) is 2.93. The van der Waals surface area contributed by atoms with Crippen molar-refractivity contribution in [3.05, 3.63) is 29.8 Å². The number of carbonyl (C=O) groups is 1. The molecule has 4 heteroatoms. The molecule has 0 spiro atoms. The average Bonchev–Trinajstić information content (AvgIpc) is 2.28. The smallest absolute Gasteiger partial charge is 0.251 e. The molecule has 0 aliphatic rings. The highest BCUT2D eigenvalue weighted by atomic mass is 32.2. The lowest BCUT2D eigenvalue weighted by molar-refractivity contribution is 0.0939. The zero-order chi connectivity index (χ0) is 12.0. The van der Waals surface area contributed by atoms with Crippen molar-refractivity contribution in [1.29, 1.82) is 0 Å². The number of phenols is 1. The van der Waals surface area contributed by atoms with E-state index in [0.717, 1.165) is 12.2 Å². The van der Waals surface area contributed by atoms with Gasteiger partial charge in [-0.3, -0.25) is 4.79 Å². The number of nitrogens with one attached hydrogen (secondary N) is 1. The molecule has 0 aliphatic heterocycles. The lowest BCUT2D eigenvalue weighted by atomic mass is 10.2. The van der Waals surface area contributed by atoms with Gasteiger partial charge in [-0.15, -0.1) is 0 Å². The molecule has 0 radical (unpaired) electrons. The summed E-state index contributed by atoms with van der Waals surface area (Å²) in [6, 6.07) is 6.57. The van der Waals surface area contributed by atoms with E-state index in [1.807, 2.05) is 13.2 Å². The van der Waals surface area contributed by atoms with Gasteiger partial charge in [0.2, 0.25) is 0 Å². The van der Waals surface area contributed by atoms with Crippen molar-refractivity contribution >= 4 is 17.7 Å². The summed E-state index contributed by atoms with van der Waals surface area (Å²) in [6.45, 7) is 2.05. The summed E-state index contributed by atoms with van der Waals surface area (Å²) in [4.78, 5) is 11.8. The van der Waals surface area contributed by atoms with Crippen LogP contribution in [0.25, 0.3) is 0 Å². The van der Waals surface area contributed by atoms with Crippen molar-refractivity contribution in [1.82, 2.24) is 5.32 Å². The molecule has 0 aromatic heterocycles. The van der Waals surface area contributed by atoms with Gasteiger partial charge >= 0.3 is 0 Å². The van der Waals surface area contributed by atoms with Gasteiger partial charge in [0.25, 0.3) is 5.91 Å². The SMILES string of the molecule is CCC(CSC)NC(=O)c1cccc(O)c1. The Labute approximate surface area is 100 Å². The van der Waals surface area contributed by atoms with Gasteiger partial charge in [-0.25, -0.2) is 0 Å². The van der Waals surface area contributed by atoms with Gasteiger partial charge < -0.3 is 10.4 Å². The van der Waals surface area contributed by atoms with Gasteiger partial charge in [0, 0.05) is 17.4 Å². The molecule has 3 nitrogen and oxygen atoms in total.